The molecule has 2 aromatic heterocycles. The van der Waals surface area contributed by atoms with Gasteiger partial charge in [-0.2, -0.15) is 0 Å². The molecule has 0 radical (unpaired) electrons. The quantitative estimate of drug-likeness (QED) is 0.851. The zero-order chi connectivity index (χ0) is 13.1. The van der Waals surface area contributed by atoms with Gasteiger partial charge in [-0.15, -0.1) is 0 Å². The summed E-state index contributed by atoms with van der Waals surface area (Å²) >= 11 is 5.75. The first-order chi connectivity index (χ1) is 8.61. The van der Waals surface area contributed by atoms with Gasteiger partial charge in [0, 0.05) is 24.5 Å². The van der Waals surface area contributed by atoms with Crippen molar-refractivity contribution in [1.82, 2.24) is 9.55 Å². The van der Waals surface area contributed by atoms with Crippen LogP contribution in [0, 0.1) is 13.8 Å². The van der Waals surface area contributed by atoms with Gasteiger partial charge in [0.05, 0.1) is 11.9 Å². The molecule has 3 nitrogen and oxygen atoms in total. The van der Waals surface area contributed by atoms with Gasteiger partial charge in [-0.05, 0) is 44.5 Å². The fourth-order valence-electron chi connectivity index (χ4n) is 2.22. The van der Waals surface area contributed by atoms with Crippen molar-refractivity contribution in [1.29, 1.82) is 0 Å². The van der Waals surface area contributed by atoms with Crippen LogP contribution in [0.3, 0.4) is 0 Å². The average Bonchev–Trinajstić information content (AvgIpc) is 2.63. The van der Waals surface area contributed by atoms with E-state index in [1.165, 1.54) is 17.0 Å². The number of halogens is 1. The van der Waals surface area contributed by atoms with Crippen LogP contribution in [-0.4, -0.2) is 9.55 Å². The number of aryl methyl sites for hydroxylation is 1. The highest BCUT2D eigenvalue weighted by molar-refractivity contribution is 6.29. The van der Waals surface area contributed by atoms with Gasteiger partial charge < -0.3 is 9.88 Å². The molecular formula is C14H18ClN3. The molecule has 1 N–H and O–H groups in total. The van der Waals surface area contributed by atoms with E-state index in [-0.39, 0.29) is 0 Å². The van der Waals surface area contributed by atoms with Crippen LogP contribution in [0.1, 0.15) is 23.9 Å². The smallest absolute Gasteiger partial charge is 0.129 e. The van der Waals surface area contributed by atoms with E-state index in [1.54, 1.807) is 12.3 Å². The molecule has 0 aliphatic carbocycles. The zero-order valence-corrected chi connectivity index (χ0v) is 11.8. The number of rotatable bonds is 4. The Hall–Kier alpha value is -1.48. The number of nitrogens with zero attached hydrogens (tertiary/aromatic N) is 2. The Morgan fingerprint density at radius 2 is 2.11 bits per heavy atom. The molecule has 18 heavy (non-hydrogen) atoms. The summed E-state index contributed by atoms with van der Waals surface area (Å²) in [6, 6.07) is 5.96. The van der Waals surface area contributed by atoms with Crippen LogP contribution >= 0.6 is 11.6 Å². The van der Waals surface area contributed by atoms with Gasteiger partial charge in [0.15, 0.2) is 0 Å². The van der Waals surface area contributed by atoms with E-state index in [1.807, 2.05) is 6.07 Å². The molecule has 0 bridgehead atoms. The number of anilines is 1. The molecule has 0 aromatic carbocycles. The molecular weight excluding hydrogens is 246 g/mol. The molecule has 2 heterocycles. The summed E-state index contributed by atoms with van der Waals surface area (Å²) in [5.41, 5.74) is 4.94. The largest absolute Gasteiger partial charge is 0.380 e. The van der Waals surface area contributed by atoms with Gasteiger partial charge >= 0.3 is 0 Å². The highest BCUT2D eigenvalue weighted by Crippen LogP contribution is 2.17. The van der Waals surface area contributed by atoms with Crippen molar-refractivity contribution in [3.05, 3.63) is 46.5 Å². The average molecular weight is 264 g/mol. The molecule has 0 atom stereocenters. The summed E-state index contributed by atoms with van der Waals surface area (Å²) in [7, 11) is 0. The normalized spacial score (nSPS) is 10.7. The Morgan fingerprint density at radius 3 is 2.67 bits per heavy atom. The molecule has 0 spiro atoms. The number of hydrogen-bond acceptors (Lipinski definition) is 2. The highest BCUT2D eigenvalue weighted by atomic mass is 35.5. The molecule has 2 rings (SSSR count). The molecule has 96 valence electrons. The predicted molar refractivity (Wildman–Crippen MR) is 76.2 cm³/mol. The van der Waals surface area contributed by atoms with E-state index in [0.29, 0.717) is 5.15 Å². The van der Waals surface area contributed by atoms with Crippen LogP contribution < -0.4 is 5.32 Å². The maximum atomic E-state index is 5.75. The third kappa shape index (κ3) is 2.67. The first kappa shape index (κ1) is 13.0. The Morgan fingerprint density at radius 1 is 1.33 bits per heavy atom. The Kier molecular flexibility index (Phi) is 3.92. The molecule has 0 unspecified atom stereocenters. The lowest BCUT2D eigenvalue weighted by Gasteiger charge is -2.08. The van der Waals surface area contributed by atoms with Gasteiger partial charge in [0.2, 0.25) is 0 Å². The summed E-state index contributed by atoms with van der Waals surface area (Å²) in [4.78, 5) is 4.05. The lowest BCUT2D eigenvalue weighted by molar-refractivity contribution is 0.715. The van der Waals surface area contributed by atoms with Crippen LogP contribution in [0.4, 0.5) is 5.69 Å². The molecule has 0 saturated carbocycles. The first-order valence-corrected chi connectivity index (χ1v) is 6.50. The topological polar surface area (TPSA) is 29.9 Å². The Balaban J connectivity index is 2.08. The number of aromatic nitrogens is 2. The fourth-order valence-corrected chi connectivity index (χ4v) is 2.33. The van der Waals surface area contributed by atoms with Crippen LogP contribution in [-0.2, 0) is 13.1 Å². The summed E-state index contributed by atoms with van der Waals surface area (Å²) in [5.74, 6) is 0. The van der Waals surface area contributed by atoms with Gasteiger partial charge in [-0.25, -0.2) is 4.98 Å². The van der Waals surface area contributed by atoms with E-state index < -0.39 is 0 Å². The SMILES string of the molecule is CCn1c(C)cc(CNc2ccc(Cl)nc2)c1C. The lowest BCUT2D eigenvalue weighted by atomic mass is 10.2. The predicted octanol–water partition coefficient (Wildman–Crippen LogP) is 3.79. The van der Waals surface area contributed by atoms with Gasteiger partial charge in [0.1, 0.15) is 5.15 Å². The lowest BCUT2D eigenvalue weighted by Crippen LogP contribution is -2.03. The summed E-state index contributed by atoms with van der Waals surface area (Å²) < 4.78 is 2.32. The second-order valence-corrected chi connectivity index (χ2v) is 4.75. The van der Waals surface area contributed by atoms with Crippen molar-refractivity contribution >= 4 is 17.3 Å². The molecule has 0 fully saturated rings. The number of hydrogen-bond donors (Lipinski definition) is 1. The maximum absolute atomic E-state index is 5.75. The van der Waals surface area contributed by atoms with E-state index in [9.17, 15) is 0 Å². The molecule has 0 aliphatic rings. The minimum atomic E-state index is 0.518. The van der Waals surface area contributed by atoms with Crippen LogP contribution in [0.25, 0.3) is 0 Å². The van der Waals surface area contributed by atoms with Crippen LogP contribution in [0.5, 0.6) is 0 Å². The Labute approximate surface area is 113 Å². The Bertz CT molecular complexity index is 529. The second-order valence-electron chi connectivity index (χ2n) is 4.36. The van der Waals surface area contributed by atoms with Gasteiger partial charge in [-0.3, -0.25) is 0 Å². The third-order valence-electron chi connectivity index (χ3n) is 3.21. The van der Waals surface area contributed by atoms with Gasteiger partial charge in [-0.1, -0.05) is 11.6 Å². The van der Waals surface area contributed by atoms with Crippen molar-refractivity contribution in [2.45, 2.75) is 33.9 Å². The summed E-state index contributed by atoms with van der Waals surface area (Å²) in [6.45, 7) is 8.29. The van der Waals surface area contributed by atoms with Crippen LogP contribution in [0.2, 0.25) is 5.15 Å². The number of nitrogens with one attached hydrogen (secondary N) is 1. The monoisotopic (exact) mass is 263 g/mol. The fraction of sp³-hybridized carbons (Fsp3) is 0.357. The first-order valence-electron chi connectivity index (χ1n) is 6.13. The molecule has 4 heteroatoms. The molecule has 0 aliphatic heterocycles. The van der Waals surface area contributed by atoms with E-state index in [4.69, 9.17) is 11.6 Å². The third-order valence-corrected chi connectivity index (χ3v) is 3.43. The van der Waals surface area contributed by atoms with E-state index >= 15 is 0 Å². The summed E-state index contributed by atoms with van der Waals surface area (Å²) in [6.07, 6.45) is 1.75. The molecule has 0 saturated heterocycles. The minimum Gasteiger partial charge on any atom is -0.380 e. The van der Waals surface area contributed by atoms with Crippen molar-refractivity contribution in [2.75, 3.05) is 5.32 Å². The summed E-state index contributed by atoms with van der Waals surface area (Å²) in [5, 5.41) is 3.88. The van der Waals surface area contributed by atoms with Crippen molar-refractivity contribution < 1.29 is 0 Å². The second kappa shape index (κ2) is 5.44. The van der Waals surface area contributed by atoms with Crippen molar-refractivity contribution in [3.63, 3.8) is 0 Å². The van der Waals surface area contributed by atoms with Crippen molar-refractivity contribution in [3.8, 4) is 0 Å². The van der Waals surface area contributed by atoms with E-state index in [2.05, 4.69) is 41.7 Å². The molecule has 0 amide bonds. The van der Waals surface area contributed by atoms with E-state index in [0.717, 1.165) is 18.8 Å². The number of pyridine rings is 1. The van der Waals surface area contributed by atoms with Crippen LogP contribution in [0.15, 0.2) is 24.4 Å². The van der Waals surface area contributed by atoms with Gasteiger partial charge in [0.25, 0.3) is 0 Å². The van der Waals surface area contributed by atoms with Crippen molar-refractivity contribution in [2.24, 2.45) is 0 Å². The molecule has 2 aromatic rings. The zero-order valence-electron chi connectivity index (χ0n) is 11.0. The maximum Gasteiger partial charge on any atom is 0.129 e. The standard InChI is InChI=1S/C14H18ClN3/c1-4-18-10(2)7-12(11(18)3)8-16-13-5-6-14(15)17-9-13/h5-7,9,16H,4,8H2,1-3H3. The highest BCUT2D eigenvalue weighted by Gasteiger charge is 2.07. The minimum absolute atomic E-state index is 0.518.